The van der Waals surface area contributed by atoms with Gasteiger partial charge in [0.05, 0.1) is 26.7 Å². The molecule has 3 nitrogen and oxygen atoms in total. The average molecular weight is 409 g/mol. The standard InChI is InChI=1S/C14H15ClFIN2O/c1-14(3-5-20-8-14)19-12-6-9(16)10(17)7-11(12)18-13(19)2-4-15/h6-7H,2-5,8H2,1H3. The Balaban J connectivity index is 2.25. The molecule has 1 aromatic carbocycles. The topological polar surface area (TPSA) is 27.1 Å². The van der Waals surface area contributed by atoms with Crippen molar-refractivity contribution in [1.29, 1.82) is 0 Å². The Morgan fingerprint density at radius 2 is 2.35 bits per heavy atom. The number of aryl methyl sites for hydroxylation is 1. The van der Waals surface area contributed by atoms with E-state index in [4.69, 9.17) is 16.3 Å². The van der Waals surface area contributed by atoms with E-state index in [2.05, 4.69) is 16.5 Å². The maximum absolute atomic E-state index is 13.9. The molecule has 1 aliphatic heterocycles. The highest BCUT2D eigenvalue weighted by molar-refractivity contribution is 14.1. The Kier molecular flexibility index (Phi) is 3.94. The van der Waals surface area contributed by atoms with Gasteiger partial charge in [0.1, 0.15) is 11.6 Å². The van der Waals surface area contributed by atoms with Gasteiger partial charge in [-0.3, -0.25) is 0 Å². The Bertz CT molecular complexity index is 652. The minimum atomic E-state index is -0.209. The molecule has 1 saturated heterocycles. The lowest BCUT2D eigenvalue weighted by molar-refractivity contribution is 0.162. The van der Waals surface area contributed by atoms with Crippen LogP contribution < -0.4 is 0 Å². The van der Waals surface area contributed by atoms with Crippen molar-refractivity contribution < 1.29 is 9.13 Å². The predicted octanol–water partition coefficient (Wildman–Crippen LogP) is 3.70. The summed E-state index contributed by atoms with van der Waals surface area (Å²) >= 11 is 7.88. The van der Waals surface area contributed by atoms with Gasteiger partial charge in [-0.05, 0) is 42.0 Å². The molecule has 3 rings (SSSR count). The van der Waals surface area contributed by atoms with Crippen LogP contribution in [0.3, 0.4) is 0 Å². The van der Waals surface area contributed by atoms with Crippen LogP contribution in [0.15, 0.2) is 12.1 Å². The normalized spacial score (nSPS) is 22.8. The highest BCUT2D eigenvalue weighted by Crippen LogP contribution is 2.33. The first-order chi connectivity index (χ1) is 9.55. The summed E-state index contributed by atoms with van der Waals surface area (Å²) in [5.74, 6) is 1.20. The Labute approximate surface area is 135 Å². The third-order valence-electron chi connectivity index (χ3n) is 3.82. The van der Waals surface area contributed by atoms with Gasteiger partial charge < -0.3 is 9.30 Å². The molecule has 2 aromatic rings. The molecule has 6 heteroatoms. The second-order valence-electron chi connectivity index (χ2n) is 5.36. The van der Waals surface area contributed by atoms with Crippen molar-refractivity contribution >= 4 is 45.2 Å². The van der Waals surface area contributed by atoms with Crippen molar-refractivity contribution in [3.8, 4) is 0 Å². The van der Waals surface area contributed by atoms with E-state index in [9.17, 15) is 4.39 Å². The number of imidazole rings is 1. The first-order valence-electron chi connectivity index (χ1n) is 6.56. The molecule has 1 aromatic heterocycles. The summed E-state index contributed by atoms with van der Waals surface area (Å²) in [6, 6.07) is 3.37. The molecular weight excluding hydrogens is 394 g/mol. The van der Waals surface area contributed by atoms with Crippen LogP contribution in [0.25, 0.3) is 11.0 Å². The number of benzene rings is 1. The molecule has 1 unspecified atom stereocenters. The molecule has 0 amide bonds. The van der Waals surface area contributed by atoms with Crippen LogP contribution in [0, 0.1) is 9.39 Å². The fourth-order valence-corrected chi connectivity index (χ4v) is 3.43. The maximum Gasteiger partial charge on any atom is 0.138 e. The van der Waals surface area contributed by atoms with Gasteiger partial charge in [0, 0.05) is 25.0 Å². The summed E-state index contributed by atoms with van der Waals surface area (Å²) in [4.78, 5) is 4.65. The van der Waals surface area contributed by atoms with Gasteiger partial charge in [-0.25, -0.2) is 9.37 Å². The van der Waals surface area contributed by atoms with Crippen molar-refractivity contribution in [1.82, 2.24) is 9.55 Å². The van der Waals surface area contributed by atoms with E-state index in [1.165, 1.54) is 0 Å². The molecule has 20 heavy (non-hydrogen) atoms. The number of fused-ring (bicyclic) bond motifs is 1. The van der Waals surface area contributed by atoms with Gasteiger partial charge >= 0.3 is 0 Å². The van der Waals surface area contributed by atoms with Crippen molar-refractivity contribution in [2.75, 3.05) is 19.1 Å². The number of hydrogen-bond donors (Lipinski definition) is 0. The van der Waals surface area contributed by atoms with Crippen molar-refractivity contribution in [3.63, 3.8) is 0 Å². The first kappa shape index (κ1) is 14.5. The second-order valence-corrected chi connectivity index (χ2v) is 6.90. The predicted molar refractivity (Wildman–Crippen MR) is 85.9 cm³/mol. The number of hydrogen-bond acceptors (Lipinski definition) is 2. The molecule has 108 valence electrons. The molecule has 1 fully saturated rings. The Hall–Kier alpha value is -0.400. The van der Waals surface area contributed by atoms with Crippen molar-refractivity contribution in [2.24, 2.45) is 0 Å². The molecule has 0 N–H and O–H groups in total. The molecule has 0 radical (unpaired) electrons. The molecule has 0 bridgehead atoms. The largest absolute Gasteiger partial charge is 0.379 e. The minimum absolute atomic E-state index is 0.171. The van der Waals surface area contributed by atoms with Crippen molar-refractivity contribution in [2.45, 2.75) is 25.3 Å². The molecule has 2 heterocycles. The average Bonchev–Trinajstić information content (AvgIpc) is 2.96. The smallest absolute Gasteiger partial charge is 0.138 e. The van der Waals surface area contributed by atoms with Crippen LogP contribution in [-0.2, 0) is 16.7 Å². The lowest BCUT2D eigenvalue weighted by Crippen LogP contribution is -2.32. The number of ether oxygens (including phenoxy) is 1. The van der Waals surface area contributed by atoms with Crippen LogP contribution in [0.5, 0.6) is 0 Å². The van der Waals surface area contributed by atoms with Gasteiger partial charge in [-0.2, -0.15) is 0 Å². The maximum atomic E-state index is 13.9. The third-order valence-corrected chi connectivity index (χ3v) is 4.84. The Morgan fingerprint density at radius 1 is 1.55 bits per heavy atom. The quantitative estimate of drug-likeness (QED) is 0.572. The SMILES string of the molecule is CC1(n2c(CCCl)nc3cc(I)c(F)cc32)CCOC1. The van der Waals surface area contributed by atoms with Crippen molar-refractivity contribution in [3.05, 3.63) is 27.3 Å². The van der Waals surface area contributed by atoms with Crippen LogP contribution >= 0.6 is 34.2 Å². The molecule has 0 saturated carbocycles. The highest BCUT2D eigenvalue weighted by atomic mass is 127. The fourth-order valence-electron chi connectivity index (χ4n) is 2.81. The summed E-state index contributed by atoms with van der Waals surface area (Å²) in [5, 5.41) is 0. The van der Waals surface area contributed by atoms with E-state index >= 15 is 0 Å². The number of rotatable bonds is 3. The zero-order chi connectivity index (χ0) is 14.3. The molecule has 0 spiro atoms. The fraction of sp³-hybridized carbons (Fsp3) is 0.500. The summed E-state index contributed by atoms with van der Waals surface area (Å²) in [6.07, 6.45) is 1.57. The number of aromatic nitrogens is 2. The van der Waals surface area contributed by atoms with E-state index in [0.717, 1.165) is 29.9 Å². The molecule has 1 atom stereocenters. The van der Waals surface area contributed by atoms with E-state index < -0.39 is 0 Å². The van der Waals surface area contributed by atoms with E-state index in [0.29, 0.717) is 22.5 Å². The van der Waals surface area contributed by atoms with Crippen LogP contribution in [0.4, 0.5) is 4.39 Å². The highest BCUT2D eigenvalue weighted by Gasteiger charge is 2.35. The zero-order valence-corrected chi connectivity index (χ0v) is 14.0. The van der Waals surface area contributed by atoms with E-state index in [1.54, 1.807) is 12.1 Å². The van der Waals surface area contributed by atoms with Gasteiger partial charge in [0.15, 0.2) is 0 Å². The van der Waals surface area contributed by atoms with Crippen LogP contribution in [0.1, 0.15) is 19.2 Å². The van der Waals surface area contributed by atoms with Gasteiger partial charge in [0.25, 0.3) is 0 Å². The van der Waals surface area contributed by atoms with Gasteiger partial charge in [0.2, 0.25) is 0 Å². The summed E-state index contributed by atoms with van der Waals surface area (Å²) in [5.41, 5.74) is 1.48. The zero-order valence-electron chi connectivity index (χ0n) is 11.1. The van der Waals surface area contributed by atoms with Gasteiger partial charge in [-0.1, -0.05) is 0 Å². The summed E-state index contributed by atoms with van der Waals surface area (Å²) < 4.78 is 22.2. The van der Waals surface area contributed by atoms with E-state index in [1.807, 2.05) is 22.6 Å². The number of alkyl halides is 1. The molecule has 1 aliphatic rings. The molecule has 0 aliphatic carbocycles. The van der Waals surface area contributed by atoms with Crippen LogP contribution in [0.2, 0.25) is 0 Å². The minimum Gasteiger partial charge on any atom is -0.379 e. The van der Waals surface area contributed by atoms with Crippen LogP contribution in [-0.4, -0.2) is 28.6 Å². The third kappa shape index (κ3) is 2.33. The lowest BCUT2D eigenvalue weighted by Gasteiger charge is -2.27. The number of nitrogens with zero attached hydrogens (tertiary/aromatic N) is 2. The van der Waals surface area contributed by atoms with Gasteiger partial charge in [-0.15, -0.1) is 11.6 Å². The number of halogens is 3. The lowest BCUT2D eigenvalue weighted by atomic mass is 10.0. The molecular formula is C14H15ClFIN2O. The monoisotopic (exact) mass is 408 g/mol. The summed E-state index contributed by atoms with van der Waals surface area (Å²) in [7, 11) is 0. The van der Waals surface area contributed by atoms with E-state index in [-0.39, 0.29) is 11.4 Å². The second kappa shape index (κ2) is 5.42. The first-order valence-corrected chi connectivity index (χ1v) is 8.17. The Morgan fingerprint density at radius 3 is 3.00 bits per heavy atom. The summed E-state index contributed by atoms with van der Waals surface area (Å²) in [6.45, 7) is 3.49.